The number of hydrogen-bond acceptors (Lipinski definition) is 3. The Morgan fingerprint density at radius 3 is 2.53 bits per heavy atom. The third-order valence-corrected chi connectivity index (χ3v) is 2.53. The third-order valence-electron chi connectivity index (χ3n) is 2.53. The second-order valence-corrected chi connectivity index (χ2v) is 3.81. The summed E-state index contributed by atoms with van der Waals surface area (Å²) in [4.78, 5) is 0. The lowest BCUT2D eigenvalue weighted by atomic mass is 10.0. The van der Waals surface area contributed by atoms with Crippen LogP contribution in [0.15, 0.2) is 42.5 Å². The molecular weight excluding hydrogens is 212 g/mol. The summed E-state index contributed by atoms with van der Waals surface area (Å²) in [7, 11) is 0. The molecule has 0 fully saturated rings. The van der Waals surface area contributed by atoms with Crippen LogP contribution in [0.2, 0.25) is 0 Å². The molecule has 0 atom stereocenters. The Morgan fingerprint density at radius 2 is 1.88 bits per heavy atom. The average molecular weight is 228 g/mol. The Balaban J connectivity index is 2.39. The van der Waals surface area contributed by atoms with Gasteiger partial charge in [0, 0.05) is 23.0 Å². The van der Waals surface area contributed by atoms with Gasteiger partial charge >= 0.3 is 0 Å². The van der Waals surface area contributed by atoms with Crippen LogP contribution in [0, 0.1) is 0 Å². The molecule has 0 aromatic heterocycles. The van der Waals surface area contributed by atoms with E-state index in [1.165, 1.54) is 0 Å². The van der Waals surface area contributed by atoms with E-state index in [1.807, 2.05) is 49.4 Å². The number of anilines is 2. The fourth-order valence-corrected chi connectivity index (χ4v) is 1.77. The number of nitrogens with two attached hydrogens (primary N) is 2. The lowest BCUT2D eigenvalue weighted by Crippen LogP contribution is -1.95. The van der Waals surface area contributed by atoms with Crippen molar-refractivity contribution in [2.75, 3.05) is 18.1 Å². The number of ether oxygens (including phenoxy) is 1. The van der Waals surface area contributed by atoms with E-state index < -0.39 is 0 Å². The minimum atomic E-state index is 0.636. The predicted octanol–water partition coefficient (Wildman–Crippen LogP) is 2.92. The van der Waals surface area contributed by atoms with Crippen LogP contribution in [0.1, 0.15) is 6.92 Å². The molecule has 0 heterocycles. The highest BCUT2D eigenvalue weighted by Crippen LogP contribution is 2.30. The Kier molecular flexibility index (Phi) is 3.19. The van der Waals surface area contributed by atoms with Crippen molar-refractivity contribution in [3.63, 3.8) is 0 Å². The van der Waals surface area contributed by atoms with E-state index in [0.29, 0.717) is 12.3 Å². The summed E-state index contributed by atoms with van der Waals surface area (Å²) < 4.78 is 5.40. The Labute approximate surface area is 101 Å². The topological polar surface area (TPSA) is 61.3 Å². The van der Waals surface area contributed by atoms with Gasteiger partial charge in [0.15, 0.2) is 0 Å². The monoisotopic (exact) mass is 228 g/mol. The van der Waals surface area contributed by atoms with Gasteiger partial charge in [-0.05, 0) is 36.8 Å². The van der Waals surface area contributed by atoms with E-state index in [0.717, 1.165) is 22.6 Å². The Morgan fingerprint density at radius 1 is 1.06 bits per heavy atom. The number of benzene rings is 2. The summed E-state index contributed by atoms with van der Waals surface area (Å²) in [6.45, 7) is 2.58. The van der Waals surface area contributed by atoms with Gasteiger partial charge in [-0.15, -0.1) is 0 Å². The van der Waals surface area contributed by atoms with Gasteiger partial charge in [0.25, 0.3) is 0 Å². The number of nitrogen functional groups attached to an aromatic ring is 2. The zero-order valence-electron chi connectivity index (χ0n) is 9.81. The lowest BCUT2D eigenvalue weighted by molar-refractivity contribution is 0.340. The molecule has 0 aliphatic rings. The van der Waals surface area contributed by atoms with E-state index >= 15 is 0 Å². The predicted molar refractivity (Wildman–Crippen MR) is 71.9 cm³/mol. The molecule has 2 aromatic rings. The Bertz CT molecular complexity index is 523. The normalized spacial score (nSPS) is 10.2. The molecule has 0 aliphatic carbocycles. The highest BCUT2D eigenvalue weighted by molar-refractivity contribution is 5.78. The summed E-state index contributed by atoms with van der Waals surface area (Å²) >= 11 is 0. The molecule has 0 saturated heterocycles. The maximum atomic E-state index is 6.01. The number of rotatable bonds is 3. The molecule has 3 nitrogen and oxygen atoms in total. The second kappa shape index (κ2) is 4.78. The molecule has 0 bridgehead atoms. The maximum Gasteiger partial charge on any atom is 0.121 e. The molecule has 2 rings (SSSR count). The quantitative estimate of drug-likeness (QED) is 0.794. The highest BCUT2D eigenvalue weighted by Gasteiger charge is 2.04. The van der Waals surface area contributed by atoms with Gasteiger partial charge < -0.3 is 16.2 Å². The third kappa shape index (κ3) is 2.50. The highest BCUT2D eigenvalue weighted by atomic mass is 16.5. The minimum absolute atomic E-state index is 0.636. The molecule has 17 heavy (non-hydrogen) atoms. The van der Waals surface area contributed by atoms with Crippen LogP contribution in [-0.2, 0) is 0 Å². The van der Waals surface area contributed by atoms with Crippen molar-refractivity contribution in [3.8, 4) is 16.9 Å². The molecular formula is C14H16N2O. The van der Waals surface area contributed by atoms with Gasteiger partial charge in [0.05, 0.1) is 6.61 Å². The summed E-state index contributed by atoms with van der Waals surface area (Å²) in [5.74, 6) is 0.789. The number of hydrogen-bond donors (Lipinski definition) is 2. The van der Waals surface area contributed by atoms with E-state index in [4.69, 9.17) is 16.2 Å². The van der Waals surface area contributed by atoms with E-state index in [2.05, 4.69) is 0 Å². The molecule has 0 amide bonds. The van der Waals surface area contributed by atoms with Gasteiger partial charge in [-0.2, -0.15) is 0 Å². The van der Waals surface area contributed by atoms with Gasteiger partial charge in [0.2, 0.25) is 0 Å². The summed E-state index contributed by atoms with van der Waals surface area (Å²) in [6, 6.07) is 13.4. The smallest absolute Gasteiger partial charge is 0.121 e. The first-order valence-corrected chi connectivity index (χ1v) is 5.59. The fraction of sp³-hybridized carbons (Fsp3) is 0.143. The van der Waals surface area contributed by atoms with Gasteiger partial charge in [0.1, 0.15) is 5.75 Å². The molecule has 4 N–H and O–H groups in total. The first-order chi connectivity index (χ1) is 8.20. The van der Waals surface area contributed by atoms with Crippen LogP contribution in [0.3, 0.4) is 0 Å². The molecule has 88 valence electrons. The zero-order valence-corrected chi connectivity index (χ0v) is 9.81. The molecule has 2 aromatic carbocycles. The first-order valence-electron chi connectivity index (χ1n) is 5.59. The van der Waals surface area contributed by atoms with Crippen molar-refractivity contribution < 1.29 is 4.74 Å². The summed E-state index contributed by atoms with van der Waals surface area (Å²) in [5.41, 5.74) is 15.2. The van der Waals surface area contributed by atoms with Crippen LogP contribution in [0.25, 0.3) is 11.1 Å². The summed E-state index contributed by atoms with van der Waals surface area (Å²) in [5, 5.41) is 0. The van der Waals surface area contributed by atoms with Crippen molar-refractivity contribution in [2.24, 2.45) is 0 Å². The van der Waals surface area contributed by atoms with Gasteiger partial charge in [-0.1, -0.05) is 12.1 Å². The zero-order chi connectivity index (χ0) is 12.3. The largest absolute Gasteiger partial charge is 0.494 e. The lowest BCUT2D eigenvalue weighted by Gasteiger charge is -2.09. The molecule has 0 radical (unpaired) electrons. The van der Waals surface area contributed by atoms with Crippen molar-refractivity contribution >= 4 is 11.4 Å². The van der Waals surface area contributed by atoms with Crippen molar-refractivity contribution in [1.29, 1.82) is 0 Å². The van der Waals surface area contributed by atoms with E-state index in [1.54, 1.807) is 0 Å². The maximum absolute atomic E-state index is 6.01. The van der Waals surface area contributed by atoms with Crippen LogP contribution in [0.4, 0.5) is 11.4 Å². The van der Waals surface area contributed by atoms with Gasteiger partial charge in [-0.3, -0.25) is 0 Å². The van der Waals surface area contributed by atoms with E-state index in [-0.39, 0.29) is 0 Å². The average Bonchev–Trinajstić information content (AvgIpc) is 2.29. The molecule has 0 spiro atoms. The van der Waals surface area contributed by atoms with Crippen molar-refractivity contribution in [2.45, 2.75) is 6.92 Å². The Hall–Kier alpha value is -2.16. The summed E-state index contributed by atoms with van der Waals surface area (Å²) in [6.07, 6.45) is 0. The molecule has 0 aliphatic heterocycles. The molecule has 3 heteroatoms. The SMILES string of the molecule is CCOc1ccc(-c2cccc(N)c2)c(N)c1. The van der Waals surface area contributed by atoms with Crippen molar-refractivity contribution in [3.05, 3.63) is 42.5 Å². The van der Waals surface area contributed by atoms with Gasteiger partial charge in [-0.25, -0.2) is 0 Å². The standard InChI is InChI=1S/C14H16N2O/c1-2-17-12-6-7-13(14(16)9-12)10-4-3-5-11(15)8-10/h3-9H,2,15-16H2,1H3. The first kappa shape index (κ1) is 11.3. The van der Waals surface area contributed by atoms with Crippen molar-refractivity contribution in [1.82, 2.24) is 0 Å². The fourth-order valence-electron chi connectivity index (χ4n) is 1.77. The molecule has 0 saturated carbocycles. The minimum Gasteiger partial charge on any atom is -0.494 e. The van der Waals surface area contributed by atoms with Crippen LogP contribution in [0.5, 0.6) is 5.75 Å². The second-order valence-electron chi connectivity index (χ2n) is 3.81. The molecule has 0 unspecified atom stereocenters. The van der Waals surface area contributed by atoms with Crippen LogP contribution < -0.4 is 16.2 Å². The van der Waals surface area contributed by atoms with Crippen LogP contribution >= 0.6 is 0 Å². The van der Waals surface area contributed by atoms with E-state index in [9.17, 15) is 0 Å². The van der Waals surface area contributed by atoms with Crippen LogP contribution in [-0.4, -0.2) is 6.61 Å².